The summed E-state index contributed by atoms with van der Waals surface area (Å²) < 4.78 is 0. The number of nitrogens with two attached hydrogens (primary N) is 1. The number of nitrogens with zero attached hydrogens (tertiary/aromatic N) is 5. The van der Waals surface area contributed by atoms with Gasteiger partial charge >= 0.3 is 0 Å². The number of aliphatic hydroxyl groups excluding tert-OH is 1. The zero-order valence-electron chi connectivity index (χ0n) is 20.6. The van der Waals surface area contributed by atoms with Crippen molar-refractivity contribution in [1.82, 2.24) is 9.88 Å². The van der Waals surface area contributed by atoms with Gasteiger partial charge in [0.05, 0.1) is 17.7 Å². The van der Waals surface area contributed by atoms with Crippen molar-refractivity contribution in [2.45, 2.75) is 61.4 Å². The molecule has 2 aliphatic heterocycles. The minimum atomic E-state index is -0.701. The molecular formula is C27H32N6O2S. The molecular weight excluding hydrogens is 472 g/mol. The van der Waals surface area contributed by atoms with Crippen LogP contribution in [0.3, 0.4) is 0 Å². The molecule has 1 aromatic carbocycles. The lowest BCUT2D eigenvalue weighted by atomic mass is 9.99. The molecule has 0 aliphatic carbocycles. The van der Waals surface area contributed by atoms with Crippen LogP contribution in [0.4, 0.5) is 5.82 Å². The highest BCUT2D eigenvalue weighted by molar-refractivity contribution is 8.00. The summed E-state index contributed by atoms with van der Waals surface area (Å²) in [7, 11) is 0. The highest BCUT2D eigenvalue weighted by Gasteiger charge is 2.34. The zero-order valence-corrected chi connectivity index (χ0v) is 21.4. The number of hydrogen-bond acceptors (Lipinski definition) is 8. The number of thioether (sulfide) groups is 1. The lowest BCUT2D eigenvalue weighted by molar-refractivity contribution is -0.117. The van der Waals surface area contributed by atoms with E-state index in [0.29, 0.717) is 40.0 Å². The Morgan fingerprint density at radius 3 is 2.44 bits per heavy atom. The number of amides is 1. The summed E-state index contributed by atoms with van der Waals surface area (Å²) in [5.41, 5.74) is 7.93. The second kappa shape index (κ2) is 11.7. The van der Waals surface area contributed by atoms with Crippen LogP contribution in [-0.2, 0) is 11.2 Å². The number of aliphatic hydroxyl groups is 1. The third-order valence-corrected chi connectivity index (χ3v) is 8.54. The van der Waals surface area contributed by atoms with Crippen LogP contribution in [0, 0.1) is 22.7 Å². The molecule has 0 spiro atoms. The number of benzene rings is 1. The van der Waals surface area contributed by atoms with Crippen molar-refractivity contribution < 1.29 is 9.90 Å². The van der Waals surface area contributed by atoms with Gasteiger partial charge in [0.1, 0.15) is 28.2 Å². The number of likely N-dealkylation sites (tertiary alicyclic amines) is 1. The zero-order chi connectivity index (χ0) is 25.7. The van der Waals surface area contributed by atoms with Crippen LogP contribution in [0.25, 0.3) is 0 Å². The first-order valence-corrected chi connectivity index (χ1v) is 13.4. The molecule has 9 heteroatoms. The Hall–Kier alpha value is -3.11. The van der Waals surface area contributed by atoms with Crippen molar-refractivity contribution in [3.63, 3.8) is 0 Å². The lowest BCUT2D eigenvalue weighted by Crippen LogP contribution is -2.48. The average Bonchev–Trinajstić information content (AvgIpc) is 3.40. The molecule has 1 unspecified atom stereocenters. The molecule has 0 saturated carbocycles. The third kappa shape index (κ3) is 5.19. The summed E-state index contributed by atoms with van der Waals surface area (Å²) in [4.78, 5) is 21.8. The van der Waals surface area contributed by atoms with E-state index in [1.807, 2.05) is 37.3 Å². The topological polar surface area (TPSA) is 130 Å². The minimum absolute atomic E-state index is 0.193. The maximum Gasteiger partial charge on any atom is 0.235 e. The van der Waals surface area contributed by atoms with Crippen LogP contribution in [0.15, 0.2) is 35.4 Å². The van der Waals surface area contributed by atoms with Gasteiger partial charge in [-0.25, -0.2) is 4.98 Å². The quantitative estimate of drug-likeness (QED) is 0.525. The van der Waals surface area contributed by atoms with Gasteiger partial charge in [0.25, 0.3) is 0 Å². The van der Waals surface area contributed by atoms with E-state index in [-0.39, 0.29) is 12.6 Å². The molecule has 1 amide bonds. The van der Waals surface area contributed by atoms with E-state index in [1.165, 1.54) is 11.8 Å². The molecule has 2 atom stereocenters. The molecule has 4 rings (SSSR count). The highest BCUT2D eigenvalue weighted by atomic mass is 32.2. The Morgan fingerprint density at radius 1 is 1.17 bits per heavy atom. The normalized spacial score (nSPS) is 19.6. The number of carbonyl (C=O) groups is 1. The van der Waals surface area contributed by atoms with E-state index >= 15 is 0 Å². The first-order valence-electron chi connectivity index (χ1n) is 12.5. The van der Waals surface area contributed by atoms with Gasteiger partial charge in [0, 0.05) is 25.2 Å². The Bertz CT molecular complexity index is 1170. The van der Waals surface area contributed by atoms with Crippen LogP contribution >= 0.6 is 11.8 Å². The summed E-state index contributed by atoms with van der Waals surface area (Å²) in [6.07, 6.45) is 4.49. The predicted molar refractivity (Wildman–Crippen MR) is 139 cm³/mol. The van der Waals surface area contributed by atoms with Crippen LogP contribution in [0.2, 0.25) is 0 Å². The van der Waals surface area contributed by atoms with Gasteiger partial charge in [0.2, 0.25) is 5.91 Å². The Labute approximate surface area is 216 Å². The van der Waals surface area contributed by atoms with Crippen LogP contribution in [0.1, 0.15) is 60.1 Å². The van der Waals surface area contributed by atoms with Crippen molar-refractivity contribution in [2.75, 3.05) is 31.1 Å². The number of nitriles is 2. The van der Waals surface area contributed by atoms with Gasteiger partial charge in [-0.1, -0.05) is 49.0 Å². The van der Waals surface area contributed by atoms with E-state index < -0.39 is 11.2 Å². The molecule has 0 radical (unpaired) electrons. The van der Waals surface area contributed by atoms with Crippen LogP contribution < -0.4 is 10.6 Å². The Morgan fingerprint density at radius 2 is 1.86 bits per heavy atom. The van der Waals surface area contributed by atoms with E-state index in [0.717, 1.165) is 50.9 Å². The maximum atomic E-state index is 12.4. The van der Waals surface area contributed by atoms with Gasteiger partial charge in [0.15, 0.2) is 0 Å². The number of carbonyl (C=O) groups excluding carboxylic acids is 1. The number of piperidine rings is 1. The number of pyridine rings is 1. The second-order valence-corrected chi connectivity index (χ2v) is 10.4. The van der Waals surface area contributed by atoms with Gasteiger partial charge in [-0.3, -0.25) is 9.69 Å². The number of aromatic nitrogens is 1. The maximum absolute atomic E-state index is 12.4. The minimum Gasteiger partial charge on any atom is -0.395 e. The van der Waals surface area contributed by atoms with Crippen molar-refractivity contribution in [1.29, 1.82) is 10.5 Å². The fourth-order valence-electron chi connectivity index (χ4n) is 5.47. The first-order chi connectivity index (χ1) is 17.5. The number of anilines is 1. The van der Waals surface area contributed by atoms with E-state index in [1.54, 1.807) is 0 Å². The first kappa shape index (κ1) is 26.0. The molecule has 2 saturated heterocycles. The largest absolute Gasteiger partial charge is 0.395 e. The summed E-state index contributed by atoms with van der Waals surface area (Å²) in [6, 6.07) is 14.4. The molecule has 188 valence electrons. The van der Waals surface area contributed by atoms with Crippen LogP contribution in [-0.4, -0.2) is 59.2 Å². The van der Waals surface area contributed by atoms with E-state index in [9.17, 15) is 20.4 Å². The third-order valence-electron chi connectivity index (χ3n) is 7.28. The number of rotatable bonds is 8. The van der Waals surface area contributed by atoms with Crippen molar-refractivity contribution in [3.05, 3.63) is 52.6 Å². The lowest BCUT2D eigenvalue weighted by Gasteiger charge is -2.40. The number of hydrogen-bond donors (Lipinski definition) is 2. The highest BCUT2D eigenvalue weighted by Crippen LogP contribution is 2.40. The van der Waals surface area contributed by atoms with E-state index in [4.69, 9.17) is 10.7 Å². The fraction of sp³-hybridized carbons (Fsp3) is 0.481. The van der Waals surface area contributed by atoms with Gasteiger partial charge in [-0.2, -0.15) is 10.5 Å². The Balaban J connectivity index is 1.66. The van der Waals surface area contributed by atoms with Crippen LogP contribution in [0.5, 0.6) is 0 Å². The number of primary amides is 1. The SMILES string of the molecule is CCc1c(C#N)c(SC(C(N)=O)c2ccccc2)nc(N2CCC(N3CCC[C@H]3CO)CC2)c1C#N. The Kier molecular flexibility index (Phi) is 8.48. The molecule has 2 fully saturated rings. The van der Waals surface area contributed by atoms with Crippen molar-refractivity contribution >= 4 is 23.5 Å². The molecule has 36 heavy (non-hydrogen) atoms. The fourth-order valence-corrected chi connectivity index (χ4v) is 6.53. The molecule has 3 heterocycles. The monoisotopic (exact) mass is 504 g/mol. The van der Waals surface area contributed by atoms with Crippen molar-refractivity contribution in [2.24, 2.45) is 5.73 Å². The summed E-state index contributed by atoms with van der Waals surface area (Å²) in [5, 5.41) is 29.5. The molecule has 1 aromatic heterocycles. The van der Waals surface area contributed by atoms with Gasteiger partial charge in [-0.15, -0.1) is 0 Å². The smallest absolute Gasteiger partial charge is 0.235 e. The average molecular weight is 505 g/mol. The summed E-state index contributed by atoms with van der Waals surface area (Å²) in [6.45, 7) is 4.60. The van der Waals surface area contributed by atoms with Gasteiger partial charge in [-0.05, 0) is 49.8 Å². The second-order valence-electron chi connectivity index (χ2n) is 9.29. The molecule has 2 aliphatic rings. The molecule has 2 aromatic rings. The summed E-state index contributed by atoms with van der Waals surface area (Å²) >= 11 is 1.17. The molecule has 0 bridgehead atoms. The molecule has 8 nitrogen and oxygen atoms in total. The standard InChI is InChI=1S/C27H32N6O2S/c1-2-21-22(15-28)26(32-13-10-19(11-14-32)33-12-6-9-20(33)17-34)31-27(23(21)16-29)36-24(25(30)35)18-7-4-3-5-8-18/h3-5,7-8,19-20,24,34H,2,6,9-14,17H2,1H3,(H2,30,35)/t20-,24?/m0/s1. The molecule has 3 N–H and O–H groups in total. The van der Waals surface area contributed by atoms with Gasteiger partial charge < -0.3 is 15.7 Å². The predicted octanol–water partition coefficient (Wildman–Crippen LogP) is 3.13. The van der Waals surface area contributed by atoms with Crippen molar-refractivity contribution in [3.8, 4) is 12.1 Å². The summed E-state index contributed by atoms with van der Waals surface area (Å²) in [5.74, 6) is 0.0661. The van der Waals surface area contributed by atoms with E-state index in [2.05, 4.69) is 21.9 Å².